The molecule has 29 atom stereocenters. The number of rotatable bonds is 6. The van der Waals surface area contributed by atoms with Crippen molar-refractivity contribution in [2.75, 3.05) is 39.6 Å². The number of aliphatic hydroxyl groups excluding tert-OH is 17. The summed E-state index contributed by atoms with van der Waals surface area (Å²) in [6.07, 6.45) is -53.9. The summed E-state index contributed by atoms with van der Waals surface area (Å²) in [5.41, 5.74) is 0. The molecule has 22 saturated heterocycles. The van der Waals surface area contributed by atoms with Gasteiger partial charge in [-0.3, -0.25) is 0 Å². The van der Waals surface area contributed by atoms with Crippen molar-refractivity contribution in [1.29, 1.82) is 0 Å². The average molecular weight is 957 g/mol. The Balaban J connectivity index is 1.18. The quantitative estimate of drug-likeness (QED) is 0.118. The van der Waals surface area contributed by atoms with E-state index in [4.69, 9.17) is 56.8 Å². The van der Waals surface area contributed by atoms with Crippen LogP contribution in [0.2, 0.25) is 0 Å². The molecule has 29 nitrogen and oxygen atoms in total. The molecule has 29 heteroatoms. The van der Waals surface area contributed by atoms with Crippen LogP contribution in [0.4, 0.5) is 0 Å². The van der Waals surface area contributed by atoms with Gasteiger partial charge in [0.2, 0.25) is 0 Å². The molecule has 0 aromatic carbocycles. The van der Waals surface area contributed by atoms with E-state index in [0.717, 1.165) is 0 Å². The predicted octanol–water partition coefficient (Wildman–Crippen LogP) is -12.0. The van der Waals surface area contributed by atoms with E-state index in [9.17, 15) is 86.8 Å². The van der Waals surface area contributed by atoms with Crippen LogP contribution in [0, 0.1) is 0 Å². The number of hydrogen-bond donors (Lipinski definition) is 17. The van der Waals surface area contributed by atoms with Crippen molar-refractivity contribution in [1.82, 2.24) is 0 Å². The molecule has 0 radical (unpaired) electrons. The van der Waals surface area contributed by atoms with Gasteiger partial charge in [0.05, 0.1) is 45.7 Å². The van der Waals surface area contributed by atoms with Gasteiger partial charge >= 0.3 is 0 Å². The SMILES string of the molecule is OC[C@H]1O[C@@H]2O[C@H]3[C@@H](O)[C@H](O)[C@@H](O[C@H]4[C@@H](O)[C@H](O)[C@@H](O[C@H]5[C@@H](O)[C@H](O)[C@@H](O[C@H]6[C@@H](O)[C@H](O)[C@@H](O[C@H]7[C@@H](O)[C@H](O)[C@@H](OC1C[C@@H]2O)O[C@@H]7CO)O[C@@H]6CO)O[C@@H]5CO)O[C@@H]4CO)O[C@@H]3CO. The van der Waals surface area contributed by atoms with Gasteiger partial charge in [0.1, 0.15) is 134 Å². The van der Waals surface area contributed by atoms with E-state index in [1.165, 1.54) is 0 Å². The first-order chi connectivity index (χ1) is 31.0. The summed E-state index contributed by atoms with van der Waals surface area (Å²) >= 11 is 0. The minimum absolute atomic E-state index is 0.450. The molecule has 378 valence electrons. The molecule has 1 unspecified atom stereocenters. The van der Waals surface area contributed by atoms with Gasteiger partial charge < -0.3 is 144 Å². The Morgan fingerprint density at radius 3 is 0.708 bits per heavy atom. The zero-order valence-corrected chi connectivity index (χ0v) is 34.2. The van der Waals surface area contributed by atoms with Crippen molar-refractivity contribution >= 4 is 0 Å². The molecule has 0 aliphatic carbocycles. The van der Waals surface area contributed by atoms with Gasteiger partial charge in [-0.25, -0.2) is 0 Å². The molecule has 0 saturated carbocycles. The van der Waals surface area contributed by atoms with Crippen molar-refractivity contribution in [3.63, 3.8) is 0 Å². The molecule has 22 rings (SSSR count). The van der Waals surface area contributed by atoms with E-state index in [0.29, 0.717) is 0 Å². The first kappa shape index (κ1) is 51.7. The lowest BCUT2D eigenvalue weighted by Gasteiger charge is -2.50. The van der Waals surface area contributed by atoms with E-state index in [1.807, 2.05) is 0 Å². The molecular formula is C36H60O29. The second-order valence-corrected chi connectivity index (χ2v) is 16.7. The Morgan fingerprint density at radius 2 is 0.462 bits per heavy atom. The van der Waals surface area contributed by atoms with Crippen molar-refractivity contribution in [2.24, 2.45) is 0 Å². The third kappa shape index (κ3) is 10.2. The van der Waals surface area contributed by atoms with Crippen LogP contribution < -0.4 is 0 Å². The topological polar surface area (TPSA) is 455 Å². The summed E-state index contributed by atoms with van der Waals surface area (Å²) in [6.45, 7) is -5.63. The van der Waals surface area contributed by atoms with Crippen molar-refractivity contribution in [3.05, 3.63) is 0 Å². The van der Waals surface area contributed by atoms with Crippen LogP contribution in [0.3, 0.4) is 0 Å². The van der Waals surface area contributed by atoms with Crippen LogP contribution in [-0.4, -0.2) is 305 Å². The maximum absolute atomic E-state index is 11.2. The molecule has 0 aromatic rings. The Labute approximate surface area is 367 Å². The van der Waals surface area contributed by atoms with Crippen molar-refractivity contribution in [2.45, 2.75) is 185 Å². The third-order valence-corrected chi connectivity index (χ3v) is 12.6. The minimum Gasteiger partial charge on any atom is -0.394 e. The molecule has 22 aliphatic rings. The largest absolute Gasteiger partial charge is 0.394 e. The van der Waals surface area contributed by atoms with Crippen LogP contribution in [0.25, 0.3) is 0 Å². The highest BCUT2D eigenvalue weighted by Gasteiger charge is 2.57. The standard InChI is InChI=1S/C36H60O29/c37-2-10-9-1-8(43)31(55-10)61-26-11(3-38)57-33(22(50)17(26)45)63-28-13(5-40)59-35(24(52)19(28)47)65-30-15(7-42)60-36(25(53)20(30)48)64-29-14(6-41)58-34(23(51)18(29)46)62-27-12(4-39)56-32(54-9)21(49)16(27)44/h8-53H,1-7H2/t8-,9?,10+,11+,12+,13+,14+,15+,16-,17-,18-,19-,20-,21-,22-,23-,24-,25-,26+,27+,28+,29+,30+,31+,32-,33+,34+,35+,36+/m0/s1. The van der Waals surface area contributed by atoms with Crippen LogP contribution in [0.5, 0.6) is 0 Å². The summed E-state index contributed by atoms with van der Waals surface area (Å²) in [6, 6.07) is 0. The highest BCUT2D eigenvalue weighted by atomic mass is 16.8. The summed E-state index contributed by atoms with van der Waals surface area (Å²) in [5, 5.41) is 184. The van der Waals surface area contributed by atoms with E-state index in [-0.39, 0.29) is 0 Å². The lowest BCUT2D eigenvalue weighted by Crippen LogP contribution is -2.68. The van der Waals surface area contributed by atoms with E-state index in [2.05, 4.69) is 0 Å². The fraction of sp³-hybridized carbons (Fsp3) is 1.00. The van der Waals surface area contributed by atoms with Gasteiger partial charge in [0.15, 0.2) is 37.7 Å². The zero-order chi connectivity index (χ0) is 47.2. The molecule has 65 heavy (non-hydrogen) atoms. The molecule has 22 fully saturated rings. The smallest absolute Gasteiger partial charge is 0.187 e. The molecular weight excluding hydrogens is 896 g/mol. The Hall–Kier alpha value is -1.16. The van der Waals surface area contributed by atoms with Gasteiger partial charge in [-0.1, -0.05) is 0 Å². The first-order valence-corrected chi connectivity index (χ1v) is 21.0. The number of aliphatic hydroxyl groups is 17. The number of ether oxygens (including phenoxy) is 12. The van der Waals surface area contributed by atoms with Gasteiger partial charge in [-0.15, -0.1) is 0 Å². The van der Waals surface area contributed by atoms with Gasteiger partial charge in [0.25, 0.3) is 0 Å². The number of hydrogen-bond acceptors (Lipinski definition) is 29. The predicted molar refractivity (Wildman–Crippen MR) is 194 cm³/mol. The van der Waals surface area contributed by atoms with Gasteiger partial charge in [0, 0.05) is 6.42 Å². The average Bonchev–Trinajstić information content (AvgIpc) is 3.30. The summed E-state index contributed by atoms with van der Waals surface area (Å²) in [7, 11) is 0. The first-order valence-electron chi connectivity index (χ1n) is 21.0. The molecule has 0 spiro atoms. The second kappa shape index (κ2) is 21.9. The highest BCUT2D eigenvalue weighted by molar-refractivity contribution is 5.00. The van der Waals surface area contributed by atoms with Crippen LogP contribution >= 0.6 is 0 Å². The van der Waals surface area contributed by atoms with Crippen LogP contribution in [0.1, 0.15) is 6.42 Å². The minimum atomic E-state index is -2.13. The van der Waals surface area contributed by atoms with Crippen LogP contribution in [0.15, 0.2) is 0 Å². The lowest BCUT2D eigenvalue weighted by molar-refractivity contribution is -0.400. The van der Waals surface area contributed by atoms with Crippen molar-refractivity contribution < 1.29 is 144 Å². The zero-order valence-electron chi connectivity index (χ0n) is 34.2. The van der Waals surface area contributed by atoms with E-state index in [1.54, 1.807) is 0 Å². The summed E-state index contributed by atoms with van der Waals surface area (Å²) < 4.78 is 68.4. The van der Waals surface area contributed by atoms with Gasteiger partial charge in [-0.2, -0.15) is 0 Å². The van der Waals surface area contributed by atoms with Crippen LogP contribution in [-0.2, 0) is 56.8 Å². The maximum Gasteiger partial charge on any atom is 0.187 e. The molecule has 0 amide bonds. The summed E-state index contributed by atoms with van der Waals surface area (Å²) in [4.78, 5) is 0. The molecule has 12 bridgehead atoms. The van der Waals surface area contributed by atoms with Gasteiger partial charge in [-0.05, 0) is 0 Å². The Morgan fingerprint density at radius 1 is 0.246 bits per heavy atom. The highest BCUT2D eigenvalue weighted by Crippen LogP contribution is 2.38. The van der Waals surface area contributed by atoms with E-state index < -0.39 is 224 Å². The molecule has 22 aliphatic heterocycles. The fourth-order valence-electron chi connectivity index (χ4n) is 8.89. The molecule has 22 heterocycles. The van der Waals surface area contributed by atoms with Crippen molar-refractivity contribution in [3.8, 4) is 0 Å². The third-order valence-electron chi connectivity index (χ3n) is 12.6. The fourth-order valence-corrected chi connectivity index (χ4v) is 8.89. The van der Waals surface area contributed by atoms with E-state index >= 15 is 0 Å². The Bertz CT molecular complexity index is 1480. The Kier molecular flexibility index (Phi) is 17.4. The lowest BCUT2D eigenvalue weighted by atomic mass is 9.95. The summed E-state index contributed by atoms with van der Waals surface area (Å²) in [5.74, 6) is 0. The second-order valence-electron chi connectivity index (χ2n) is 16.7. The molecule has 17 N–H and O–H groups in total. The normalized spacial score (nSPS) is 54.9. The molecule has 0 aromatic heterocycles. The monoisotopic (exact) mass is 956 g/mol. The maximum atomic E-state index is 11.2.